The highest BCUT2D eigenvalue weighted by Gasteiger charge is 2.14. The van der Waals surface area contributed by atoms with Crippen molar-refractivity contribution >= 4 is 12.1 Å². The standard InChI is InChI=1S/C18H20N2O5/c1-22-14-8-5-12(6-9-14)18(21)20-19-11-13-7-10-15(23-2)17(25-4)16(13)24-3/h5-11H,1-4H3,(H,20,21)/b19-11+. The molecule has 0 aliphatic rings. The van der Waals surface area contributed by atoms with Crippen LogP contribution in [-0.2, 0) is 0 Å². The van der Waals surface area contributed by atoms with Gasteiger partial charge in [0.25, 0.3) is 5.91 Å². The van der Waals surface area contributed by atoms with E-state index in [0.29, 0.717) is 34.1 Å². The number of ether oxygens (including phenoxy) is 4. The van der Waals surface area contributed by atoms with Gasteiger partial charge in [-0.1, -0.05) is 0 Å². The van der Waals surface area contributed by atoms with Crippen molar-refractivity contribution in [3.63, 3.8) is 0 Å². The molecule has 0 atom stereocenters. The van der Waals surface area contributed by atoms with Crippen LogP contribution in [-0.4, -0.2) is 40.6 Å². The molecule has 0 saturated heterocycles. The van der Waals surface area contributed by atoms with Gasteiger partial charge in [0, 0.05) is 11.1 Å². The Kier molecular flexibility index (Phi) is 6.22. The van der Waals surface area contributed by atoms with Crippen LogP contribution in [0.1, 0.15) is 15.9 Å². The highest BCUT2D eigenvalue weighted by Crippen LogP contribution is 2.38. The molecule has 2 aromatic rings. The van der Waals surface area contributed by atoms with Crippen LogP contribution in [0.3, 0.4) is 0 Å². The minimum atomic E-state index is -0.335. The molecule has 0 unspecified atom stereocenters. The quantitative estimate of drug-likeness (QED) is 0.617. The van der Waals surface area contributed by atoms with Crippen molar-refractivity contribution in [1.82, 2.24) is 5.43 Å². The maximum Gasteiger partial charge on any atom is 0.271 e. The van der Waals surface area contributed by atoms with Crippen molar-refractivity contribution in [3.05, 3.63) is 47.5 Å². The average molecular weight is 344 g/mol. The van der Waals surface area contributed by atoms with Crippen molar-refractivity contribution in [2.75, 3.05) is 28.4 Å². The van der Waals surface area contributed by atoms with Crippen molar-refractivity contribution in [2.45, 2.75) is 0 Å². The molecular weight excluding hydrogens is 324 g/mol. The molecule has 25 heavy (non-hydrogen) atoms. The lowest BCUT2D eigenvalue weighted by Crippen LogP contribution is -2.17. The largest absolute Gasteiger partial charge is 0.497 e. The summed E-state index contributed by atoms with van der Waals surface area (Å²) in [6, 6.07) is 10.2. The van der Waals surface area contributed by atoms with Gasteiger partial charge in [0.1, 0.15) is 5.75 Å². The van der Waals surface area contributed by atoms with Gasteiger partial charge in [-0.05, 0) is 36.4 Å². The molecule has 2 rings (SSSR count). The van der Waals surface area contributed by atoms with E-state index in [0.717, 1.165) is 0 Å². The Morgan fingerprint density at radius 1 is 0.880 bits per heavy atom. The Labute approximate surface area is 146 Å². The van der Waals surface area contributed by atoms with Gasteiger partial charge in [0.05, 0.1) is 34.7 Å². The van der Waals surface area contributed by atoms with E-state index in [1.165, 1.54) is 20.4 Å². The summed E-state index contributed by atoms with van der Waals surface area (Å²) in [4.78, 5) is 12.1. The normalized spacial score (nSPS) is 10.4. The molecule has 0 fully saturated rings. The topological polar surface area (TPSA) is 78.4 Å². The molecule has 0 spiro atoms. The van der Waals surface area contributed by atoms with E-state index in [1.54, 1.807) is 50.6 Å². The van der Waals surface area contributed by atoms with Crippen LogP contribution in [0.25, 0.3) is 0 Å². The van der Waals surface area contributed by atoms with Gasteiger partial charge in [-0.3, -0.25) is 4.79 Å². The Bertz CT molecular complexity index is 757. The fraction of sp³-hybridized carbons (Fsp3) is 0.222. The van der Waals surface area contributed by atoms with Crippen molar-refractivity contribution < 1.29 is 23.7 Å². The third-order valence-electron chi connectivity index (χ3n) is 3.46. The van der Waals surface area contributed by atoms with Crippen LogP contribution in [0.4, 0.5) is 0 Å². The zero-order chi connectivity index (χ0) is 18.2. The van der Waals surface area contributed by atoms with Gasteiger partial charge in [-0.25, -0.2) is 5.43 Å². The van der Waals surface area contributed by atoms with Crippen LogP contribution in [0.5, 0.6) is 23.0 Å². The molecule has 1 N–H and O–H groups in total. The third kappa shape index (κ3) is 4.20. The molecule has 0 aliphatic heterocycles. The van der Waals surface area contributed by atoms with E-state index in [4.69, 9.17) is 18.9 Å². The first-order valence-electron chi connectivity index (χ1n) is 7.41. The summed E-state index contributed by atoms with van der Waals surface area (Å²) in [5, 5.41) is 3.97. The van der Waals surface area contributed by atoms with Gasteiger partial charge < -0.3 is 18.9 Å². The first kappa shape index (κ1) is 18.1. The molecule has 0 aromatic heterocycles. The average Bonchev–Trinajstić information content (AvgIpc) is 2.67. The minimum absolute atomic E-state index is 0.335. The molecule has 0 radical (unpaired) electrons. The predicted octanol–water partition coefficient (Wildman–Crippen LogP) is 2.48. The predicted molar refractivity (Wildman–Crippen MR) is 94.2 cm³/mol. The maximum absolute atomic E-state index is 12.1. The first-order chi connectivity index (χ1) is 12.1. The summed E-state index contributed by atoms with van der Waals surface area (Å²) in [6.07, 6.45) is 1.47. The van der Waals surface area contributed by atoms with Crippen molar-refractivity contribution in [2.24, 2.45) is 5.10 Å². The molecule has 0 saturated carbocycles. The summed E-state index contributed by atoms with van der Waals surface area (Å²) < 4.78 is 20.9. The van der Waals surface area contributed by atoms with E-state index >= 15 is 0 Å². The van der Waals surface area contributed by atoms with Gasteiger partial charge in [0.15, 0.2) is 11.5 Å². The summed E-state index contributed by atoms with van der Waals surface area (Å²) in [6.45, 7) is 0. The Morgan fingerprint density at radius 3 is 2.12 bits per heavy atom. The zero-order valence-corrected chi connectivity index (χ0v) is 14.5. The van der Waals surface area contributed by atoms with Crippen LogP contribution in [0.2, 0.25) is 0 Å². The number of hydrazone groups is 1. The number of benzene rings is 2. The Balaban J connectivity index is 2.14. The second-order valence-electron chi connectivity index (χ2n) is 4.85. The lowest BCUT2D eigenvalue weighted by Gasteiger charge is -2.13. The van der Waals surface area contributed by atoms with E-state index in [-0.39, 0.29) is 5.91 Å². The Hall–Kier alpha value is -3.22. The van der Waals surface area contributed by atoms with Gasteiger partial charge in [0.2, 0.25) is 5.75 Å². The number of methoxy groups -OCH3 is 4. The number of amides is 1. The van der Waals surface area contributed by atoms with Gasteiger partial charge >= 0.3 is 0 Å². The lowest BCUT2D eigenvalue weighted by molar-refractivity contribution is 0.0955. The molecule has 132 valence electrons. The summed E-state index contributed by atoms with van der Waals surface area (Å²) >= 11 is 0. The summed E-state index contributed by atoms with van der Waals surface area (Å²) in [5.74, 6) is 1.80. The SMILES string of the molecule is COc1ccc(C(=O)N/N=C/c2ccc(OC)c(OC)c2OC)cc1. The molecule has 2 aromatic carbocycles. The lowest BCUT2D eigenvalue weighted by atomic mass is 10.2. The molecule has 1 amide bonds. The fourth-order valence-electron chi connectivity index (χ4n) is 2.19. The number of rotatable bonds is 7. The van der Waals surface area contributed by atoms with Gasteiger partial charge in [-0.2, -0.15) is 5.10 Å². The number of carbonyl (C=O) groups is 1. The monoisotopic (exact) mass is 344 g/mol. The number of nitrogens with zero attached hydrogens (tertiary/aromatic N) is 1. The smallest absolute Gasteiger partial charge is 0.271 e. The van der Waals surface area contributed by atoms with E-state index in [2.05, 4.69) is 10.5 Å². The van der Waals surface area contributed by atoms with Crippen molar-refractivity contribution in [1.29, 1.82) is 0 Å². The molecule has 7 heteroatoms. The second-order valence-corrected chi connectivity index (χ2v) is 4.85. The number of hydrogen-bond acceptors (Lipinski definition) is 6. The van der Waals surface area contributed by atoms with E-state index in [9.17, 15) is 4.79 Å². The molecule has 0 aliphatic carbocycles. The minimum Gasteiger partial charge on any atom is -0.497 e. The molecule has 0 bridgehead atoms. The molecular formula is C18H20N2O5. The van der Waals surface area contributed by atoms with Crippen LogP contribution in [0, 0.1) is 0 Å². The van der Waals surface area contributed by atoms with Crippen molar-refractivity contribution in [3.8, 4) is 23.0 Å². The number of carbonyl (C=O) groups excluding carboxylic acids is 1. The van der Waals surface area contributed by atoms with Gasteiger partial charge in [-0.15, -0.1) is 0 Å². The summed E-state index contributed by atoms with van der Waals surface area (Å²) in [7, 11) is 6.15. The molecule has 0 heterocycles. The van der Waals surface area contributed by atoms with Crippen LogP contribution >= 0.6 is 0 Å². The zero-order valence-electron chi connectivity index (χ0n) is 14.5. The molecule has 7 nitrogen and oxygen atoms in total. The number of nitrogens with one attached hydrogen (secondary N) is 1. The Morgan fingerprint density at radius 2 is 1.56 bits per heavy atom. The third-order valence-corrected chi connectivity index (χ3v) is 3.46. The highest BCUT2D eigenvalue weighted by atomic mass is 16.5. The second kappa shape index (κ2) is 8.58. The first-order valence-corrected chi connectivity index (χ1v) is 7.41. The summed E-state index contributed by atoms with van der Waals surface area (Å²) in [5.41, 5.74) is 3.57. The van der Waals surface area contributed by atoms with E-state index in [1.807, 2.05) is 0 Å². The van der Waals surface area contributed by atoms with Crippen LogP contribution in [0.15, 0.2) is 41.5 Å². The van der Waals surface area contributed by atoms with Crippen LogP contribution < -0.4 is 24.4 Å². The number of hydrogen-bond donors (Lipinski definition) is 1. The fourth-order valence-corrected chi connectivity index (χ4v) is 2.19. The highest BCUT2D eigenvalue weighted by molar-refractivity contribution is 5.95. The maximum atomic E-state index is 12.1. The van der Waals surface area contributed by atoms with E-state index < -0.39 is 0 Å².